The molecule has 0 spiro atoms. The van der Waals surface area contributed by atoms with Crippen molar-refractivity contribution in [2.24, 2.45) is 0 Å². The van der Waals surface area contributed by atoms with Gasteiger partial charge in [-0.3, -0.25) is 25.2 Å². The summed E-state index contributed by atoms with van der Waals surface area (Å²) in [5, 5.41) is 0.239. The third-order valence-electron chi connectivity index (χ3n) is 4.60. The molecule has 0 saturated heterocycles. The standard InChI is InChI=1S/C21H20ClN3O5S/c1-12-13(2)30-14(3)19(12)21(27)24-23-20(26)15-7-6-8-16(11-15)31(28,29)25-18-10-5-4-9-17(18)22/h4-11,25H,1-3H3,(H,23,26)(H,24,27). The molecule has 0 radical (unpaired) electrons. The number of furan rings is 1. The number of carbonyl (C=O) groups excluding carboxylic acids is 2. The van der Waals surface area contributed by atoms with E-state index in [1.807, 2.05) is 0 Å². The summed E-state index contributed by atoms with van der Waals surface area (Å²) in [6.07, 6.45) is 0. The lowest BCUT2D eigenvalue weighted by atomic mass is 10.1. The van der Waals surface area contributed by atoms with E-state index >= 15 is 0 Å². The molecule has 0 saturated carbocycles. The molecule has 0 fully saturated rings. The highest BCUT2D eigenvalue weighted by Crippen LogP contribution is 2.24. The molecule has 0 bridgehead atoms. The molecule has 0 aliphatic rings. The fraction of sp³-hybridized carbons (Fsp3) is 0.143. The van der Waals surface area contributed by atoms with Crippen LogP contribution in [-0.4, -0.2) is 20.2 Å². The second-order valence-electron chi connectivity index (χ2n) is 6.74. The second kappa shape index (κ2) is 8.83. The van der Waals surface area contributed by atoms with E-state index in [0.29, 0.717) is 22.6 Å². The third kappa shape index (κ3) is 4.89. The maximum Gasteiger partial charge on any atom is 0.273 e. The fourth-order valence-corrected chi connectivity index (χ4v) is 4.29. The number of carbonyl (C=O) groups is 2. The zero-order chi connectivity index (χ0) is 22.8. The molecule has 3 rings (SSSR count). The van der Waals surface area contributed by atoms with Gasteiger partial charge in [0.05, 0.1) is 21.2 Å². The minimum absolute atomic E-state index is 0.0409. The number of rotatable bonds is 5. The number of para-hydroxylation sites is 1. The number of hydrogen-bond acceptors (Lipinski definition) is 5. The Balaban J connectivity index is 1.74. The number of anilines is 1. The Morgan fingerprint density at radius 3 is 2.23 bits per heavy atom. The fourth-order valence-electron chi connectivity index (χ4n) is 2.93. The summed E-state index contributed by atoms with van der Waals surface area (Å²) < 4.78 is 33.1. The molecule has 8 nitrogen and oxygen atoms in total. The highest BCUT2D eigenvalue weighted by Gasteiger charge is 2.20. The Morgan fingerprint density at radius 1 is 0.903 bits per heavy atom. The first kappa shape index (κ1) is 22.4. The predicted molar refractivity (Wildman–Crippen MR) is 117 cm³/mol. The summed E-state index contributed by atoms with van der Waals surface area (Å²) in [7, 11) is -3.99. The third-order valence-corrected chi connectivity index (χ3v) is 6.30. The van der Waals surface area contributed by atoms with Crippen molar-refractivity contribution in [2.45, 2.75) is 25.7 Å². The molecule has 0 atom stereocenters. The van der Waals surface area contributed by atoms with Crippen molar-refractivity contribution in [3.05, 3.63) is 81.8 Å². The minimum atomic E-state index is -3.99. The summed E-state index contributed by atoms with van der Waals surface area (Å²) in [6.45, 7) is 5.13. The number of nitrogens with one attached hydrogen (secondary N) is 3. The highest BCUT2D eigenvalue weighted by atomic mass is 35.5. The van der Waals surface area contributed by atoms with Crippen LogP contribution in [0, 0.1) is 20.8 Å². The van der Waals surface area contributed by atoms with E-state index in [-0.39, 0.29) is 21.2 Å². The average Bonchev–Trinajstić information content (AvgIpc) is 2.99. The number of amides is 2. The Bertz CT molecular complexity index is 1270. The maximum absolute atomic E-state index is 12.7. The van der Waals surface area contributed by atoms with Crippen molar-refractivity contribution in [3.63, 3.8) is 0 Å². The summed E-state index contributed by atoms with van der Waals surface area (Å²) in [5.74, 6) is -0.179. The van der Waals surface area contributed by atoms with E-state index in [1.54, 1.807) is 39.0 Å². The molecule has 0 unspecified atom stereocenters. The average molecular weight is 462 g/mol. The molecule has 0 aliphatic heterocycles. The number of hydrazine groups is 1. The van der Waals surface area contributed by atoms with Crippen LogP contribution in [0.15, 0.2) is 57.8 Å². The van der Waals surface area contributed by atoms with Gasteiger partial charge < -0.3 is 4.42 Å². The van der Waals surface area contributed by atoms with Crippen LogP contribution in [0.5, 0.6) is 0 Å². The molecule has 162 valence electrons. The predicted octanol–water partition coefficient (Wildman–Crippen LogP) is 3.73. The van der Waals surface area contributed by atoms with E-state index in [4.69, 9.17) is 16.0 Å². The van der Waals surface area contributed by atoms with Crippen molar-refractivity contribution >= 4 is 39.1 Å². The van der Waals surface area contributed by atoms with Gasteiger partial charge in [0.25, 0.3) is 21.8 Å². The Labute approximate surface area is 184 Å². The van der Waals surface area contributed by atoms with Gasteiger partial charge in [0.15, 0.2) is 0 Å². The maximum atomic E-state index is 12.7. The quantitative estimate of drug-likeness (QED) is 0.500. The number of halogens is 1. The van der Waals surface area contributed by atoms with Crippen LogP contribution in [0.25, 0.3) is 0 Å². The lowest BCUT2D eigenvalue weighted by Gasteiger charge is -2.11. The molecule has 1 heterocycles. The van der Waals surface area contributed by atoms with Crippen molar-refractivity contribution in [1.29, 1.82) is 0 Å². The topological polar surface area (TPSA) is 118 Å². The lowest BCUT2D eigenvalue weighted by molar-refractivity contribution is 0.0845. The van der Waals surface area contributed by atoms with Gasteiger partial charge in [0.1, 0.15) is 11.5 Å². The Morgan fingerprint density at radius 2 is 1.58 bits per heavy atom. The highest BCUT2D eigenvalue weighted by molar-refractivity contribution is 7.92. The molecule has 10 heteroatoms. The van der Waals surface area contributed by atoms with Gasteiger partial charge in [-0.1, -0.05) is 29.8 Å². The van der Waals surface area contributed by atoms with Crippen molar-refractivity contribution in [1.82, 2.24) is 10.9 Å². The zero-order valence-corrected chi connectivity index (χ0v) is 18.5. The number of benzene rings is 2. The lowest BCUT2D eigenvalue weighted by Crippen LogP contribution is -2.42. The van der Waals surface area contributed by atoms with E-state index in [1.165, 1.54) is 30.3 Å². The smallest absolute Gasteiger partial charge is 0.273 e. The number of hydrogen-bond donors (Lipinski definition) is 3. The molecule has 3 aromatic rings. The van der Waals surface area contributed by atoms with Gasteiger partial charge in [-0.15, -0.1) is 0 Å². The van der Waals surface area contributed by atoms with Crippen LogP contribution in [0.3, 0.4) is 0 Å². The molecule has 0 aliphatic carbocycles. The van der Waals surface area contributed by atoms with Gasteiger partial charge in [-0.05, 0) is 51.1 Å². The van der Waals surface area contributed by atoms with E-state index in [2.05, 4.69) is 15.6 Å². The SMILES string of the molecule is Cc1oc(C)c(C(=O)NNC(=O)c2cccc(S(=O)(=O)Nc3ccccc3Cl)c2)c1C. The van der Waals surface area contributed by atoms with E-state index in [0.717, 1.165) is 0 Å². The summed E-state index contributed by atoms with van der Waals surface area (Å²) in [4.78, 5) is 24.7. The van der Waals surface area contributed by atoms with Gasteiger partial charge in [0, 0.05) is 11.1 Å². The van der Waals surface area contributed by atoms with Gasteiger partial charge in [-0.25, -0.2) is 8.42 Å². The Hall–Kier alpha value is -3.30. The first-order valence-electron chi connectivity index (χ1n) is 9.15. The molecule has 3 N–H and O–H groups in total. The van der Waals surface area contributed by atoms with Crippen molar-refractivity contribution < 1.29 is 22.4 Å². The molecule has 2 amide bonds. The molecule has 2 aromatic carbocycles. The van der Waals surface area contributed by atoms with Crippen LogP contribution in [0.1, 0.15) is 37.8 Å². The van der Waals surface area contributed by atoms with Crippen LogP contribution in [0.4, 0.5) is 5.69 Å². The van der Waals surface area contributed by atoms with Gasteiger partial charge >= 0.3 is 0 Å². The van der Waals surface area contributed by atoms with Crippen LogP contribution in [0.2, 0.25) is 5.02 Å². The first-order chi connectivity index (χ1) is 14.6. The number of sulfonamides is 1. The monoisotopic (exact) mass is 461 g/mol. The molecule has 31 heavy (non-hydrogen) atoms. The van der Waals surface area contributed by atoms with Gasteiger partial charge in [0.2, 0.25) is 0 Å². The first-order valence-corrected chi connectivity index (χ1v) is 11.0. The summed E-state index contributed by atoms with van der Waals surface area (Å²) >= 11 is 6.01. The van der Waals surface area contributed by atoms with Crippen LogP contribution < -0.4 is 15.6 Å². The van der Waals surface area contributed by atoms with Gasteiger partial charge in [-0.2, -0.15) is 0 Å². The number of aryl methyl sites for hydroxylation is 2. The van der Waals surface area contributed by atoms with Crippen LogP contribution >= 0.6 is 11.6 Å². The van der Waals surface area contributed by atoms with Crippen LogP contribution in [-0.2, 0) is 10.0 Å². The van der Waals surface area contributed by atoms with Crippen molar-refractivity contribution in [3.8, 4) is 0 Å². The second-order valence-corrected chi connectivity index (χ2v) is 8.83. The summed E-state index contributed by atoms with van der Waals surface area (Å²) in [5.41, 5.74) is 5.86. The van der Waals surface area contributed by atoms with Crippen molar-refractivity contribution in [2.75, 3.05) is 4.72 Å². The van der Waals surface area contributed by atoms with E-state index in [9.17, 15) is 18.0 Å². The largest absolute Gasteiger partial charge is 0.466 e. The summed E-state index contributed by atoms with van der Waals surface area (Å²) in [6, 6.07) is 11.8. The molecular formula is C21H20ClN3O5S. The molecular weight excluding hydrogens is 442 g/mol. The molecule has 1 aromatic heterocycles. The normalized spacial score (nSPS) is 11.1. The Kier molecular flexibility index (Phi) is 6.37. The zero-order valence-electron chi connectivity index (χ0n) is 16.9. The minimum Gasteiger partial charge on any atom is -0.466 e. The van der Waals surface area contributed by atoms with E-state index < -0.39 is 21.8 Å².